The number of benzene rings is 1. The van der Waals surface area contributed by atoms with Gasteiger partial charge in [-0.15, -0.1) is 0 Å². The minimum absolute atomic E-state index is 0.149. The summed E-state index contributed by atoms with van der Waals surface area (Å²) in [7, 11) is 0. The van der Waals surface area contributed by atoms with E-state index in [-0.39, 0.29) is 12.6 Å². The van der Waals surface area contributed by atoms with E-state index in [0.29, 0.717) is 25.0 Å². The van der Waals surface area contributed by atoms with Crippen LogP contribution in [0.25, 0.3) is 11.0 Å². The van der Waals surface area contributed by atoms with Crippen molar-refractivity contribution in [3.63, 3.8) is 0 Å². The third-order valence-electron chi connectivity index (χ3n) is 2.59. The number of hydrogen-bond acceptors (Lipinski definition) is 4. The molecule has 0 atom stereocenters. The molecular formula is C13H16N2O3. The molecule has 96 valence electrons. The topological polar surface area (TPSA) is 75.2 Å². The lowest BCUT2D eigenvalue weighted by Crippen LogP contribution is -2.05. The van der Waals surface area contributed by atoms with Crippen LogP contribution in [0.15, 0.2) is 18.2 Å². The number of ether oxygens (including phenoxy) is 1. The van der Waals surface area contributed by atoms with E-state index in [9.17, 15) is 4.79 Å². The lowest BCUT2D eigenvalue weighted by Gasteiger charge is -2.01. The highest BCUT2D eigenvalue weighted by Crippen LogP contribution is 2.19. The van der Waals surface area contributed by atoms with Crippen molar-refractivity contribution in [3.05, 3.63) is 24.0 Å². The Bertz CT molecular complexity index is 548. The first-order valence-corrected chi connectivity index (χ1v) is 6.03. The Morgan fingerprint density at radius 2 is 2.33 bits per heavy atom. The Hall–Kier alpha value is -1.88. The third kappa shape index (κ3) is 2.87. The average molecular weight is 248 g/mol. The third-order valence-corrected chi connectivity index (χ3v) is 2.59. The second kappa shape index (κ2) is 5.64. The summed E-state index contributed by atoms with van der Waals surface area (Å²) in [5.74, 6) is 1.10. The number of aryl methyl sites for hydroxylation is 1. The maximum absolute atomic E-state index is 11.2. The minimum Gasteiger partial charge on any atom is -0.426 e. The smallest absolute Gasteiger partial charge is 0.310 e. The summed E-state index contributed by atoms with van der Waals surface area (Å²) in [5.41, 5.74) is 1.67. The van der Waals surface area contributed by atoms with Crippen molar-refractivity contribution in [2.24, 2.45) is 0 Å². The maximum Gasteiger partial charge on any atom is 0.310 e. The van der Waals surface area contributed by atoms with Crippen LogP contribution >= 0.6 is 0 Å². The van der Waals surface area contributed by atoms with Gasteiger partial charge in [0.25, 0.3) is 0 Å². The summed E-state index contributed by atoms with van der Waals surface area (Å²) in [5, 5.41) is 8.77. The van der Waals surface area contributed by atoms with Crippen LogP contribution in [-0.2, 0) is 11.2 Å². The number of imidazole rings is 1. The number of hydrogen-bond donors (Lipinski definition) is 2. The largest absolute Gasteiger partial charge is 0.426 e. The number of aliphatic hydroxyl groups excluding tert-OH is 1. The normalized spacial score (nSPS) is 10.8. The van der Waals surface area contributed by atoms with Crippen LogP contribution in [-0.4, -0.2) is 27.7 Å². The van der Waals surface area contributed by atoms with Crippen LogP contribution in [0.5, 0.6) is 5.75 Å². The lowest BCUT2D eigenvalue weighted by molar-refractivity contribution is -0.134. The van der Waals surface area contributed by atoms with Crippen molar-refractivity contribution in [2.75, 3.05) is 6.61 Å². The van der Waals surface area contributed by atoms with E-state index in [2.05, 4.69) is 9.97 Å². The van der Waals surface area contributed by atoms with Gasteiger partial charge in [-0.2, -0.15) is 0 Å². The molecule has 0 fully saturated rings. The van der Waals surface area contributed by atoms with E-state index in [0.717, 1.165) is 16.9 Å². The van der Waals surface area contributed by atoms with Gasteiger partial charge >= 0.3 is 5.97 Å². The van der Waals surface area contributed by atoms with Crippen molar-refractivity contribution in [2.45, 2.75) is 26.2 Å². The number of carbonyl (C=O) groups excluding carboxylic acids is 1. The van der Waals surface area contributed by atoms with Gasteiger partial charge in [0.1, 0.15) is 11.6 Å². The molecule has 1 aromatic carbocycles. The zero-order valence-electron chi connectivity index (χ0n) is 10.3. The number of aliphatic hydroxyl groups is 1. The van der Waals surface area contributed by atoms with E-state index >= 15 is 0 Å². The Morgan fingerprint density at radius 1 is 1.50 bits per heavy atom. The molecule has 1 aromatic heterocycles. The Kier molecular flexibility index (Phi) is 3.94. The van der Waals surface area contributed by atoms with Crippen molar-refractivity contribution < 1.29 is 14.6 Å². The van der Waals surface area contributed by atoms with Crippen LogP contribution < -0.4 is 4.74 Å². The molecule has 0 saturated carbocycles. The molecule has 18 heavy (non-hydrogen) atoms. The molecule has 0 aliphatic heterocycles. The Balaban J connectivity index is 2.19. The van der Waals surface area contributed by atoms with Crippen molar-refractivity contribution in [1.82, 2.24) is 9.97 Å². The fourth-order valence-electron chi connectivity index (χ4n) is 1.67. The van der Waals surface area contributed by atoms with Gasteiger partial charge in [0, 0.05) is 25.5 Å². The molecule has 5 heteroatoms. The lowest BCUT2D eigenvalue weighted by atomic mass is 10.3. The molecule has 0 spiro atoms. The first kappa shape index (κ1) is 12.6. The molecule has 1 heterocycles. The first-order chi connectivity index (χ1) is 8.72. The van der Waals surface area contributed by atoms with E-state index in [4.69, 9.17) is 9.84 Å². The van der Waals surface area contributed by atoms with Crippen molar-refractivity contribution in [1.29, 1.82) is 0 Å². The fourth-order valence-corrected chi connectivity index (χ4v) is 1.67. The molecule has 5 nitrogen and oxygen atoms in total. The summed E-state index contributed by atoms with van der Waals surface area (Å²) >= 11 is 0. The molecule has 0 amide bonds. The van der Waals surface area contributed by atoms with Crippen LogP contribution in [0.1, 0.15) is 25.6 Å². The average Bonchev–Trinajstić information content (AvgIpc) is 2.78. The van der Waals surface area contributed by atoms with Gasteiger partial charge < -0.3 is 14.8 Å². The monoisotopic (exact) mass is 248 g/mol. The number of rotatable bonds is 5. The second-order valence-electron chi connectivity index (χ2n) is 4.02. The summed E-state index contributed by atoms with van der Waals surface area (Å²) in [6.45, 7) is 1.90. The van der Waals surface area contributed by atoms with Gasteiger partial charge in [0.15, 0.2) is 0 Å². The second-order valence-corrected chi connectivity index (χ2v) is 4.02. The number of esters is 1. The standard InChI is InChI=1S/C13H16N2O3/c1-2-13(17)18-9-5-6-10-11(8-9)15-12(14-10)4-3-7-16/h5-6,8,16H,2-4,7H2,1H3,(H,14,15). The Labute approximate surface area is 105 Å². The van der Waals surface area contributed by atoms with E-state index in [1.807, 2.05) is 6.07 Å². The van der Waals surface area contributed by atoms with Crippen molar-refractivity contribution >= 4 is 17.0 Å². The maximum atomic E-state index is 11.2. The highest BCUT2D eigenvalue weighted by Gasteiger charge is 2.06. The van der Waals surface area contributed by atoms with E-state index in [1.54, 1.807) is 19.1 Å². The van der Waals surface area contributed by atoms with Crippen molar-refractivity contribution in [3.8, 4) is 5.75 Å². The molecule has 2 N–H and O–H groups in total. The fraction of sp³-hybridized carbons (Fsp3) is 0.385. The molecule has 2 aromatic rings. The van der Waals surface area contributed by atoms with Gasteiger partial charge in [-0.3, -0.25) is 4.79 Å². The van der Waals surface area contributed by atoms with Gasteiger partial charge in [0.05, 0.1) is 11.0 Å². The number of H-pyrrole nitrogens is 1. The SMILES string of the molecule is CCC(=O)Oc1ccc2nc(CCCO)[nH]c2c1. The molecular weight excluding hydrogens is 232 g/mol. The Morgan fingerprint density at radius 3 is 3.06 bits per heavy atom. The predicted octanol–water partition coefficient (Wildman–Crippen LogP) is 1.80. The zero-order chi connectivity index (χ0) is 13.0. The van der Waals surface area contributed by atoms with Crippen LogP contribution in [0, 0.1) is 0 Å². The number of nitrogens with zero attached hydrogens (tertiary/aromatic N) is 1. The summed E-state index contributed by atoms with van der Waals surface area (Å²) < 4.78 is 5.14. The van der Waals surface area contributed by atoms with Gasteiger partial charge in [-0.25, -0.2) is 4.98 Å². The highest BCUT2D eigenvalue weighted by molar-refractivity contribution is 5.79. The number of aromatic nitrogens is 2. The molecule has 0 radical (unpaired) electrons. The number of aromatic amines is 1. The molecule has 0 unspecified atom stereocenters. The quantitative estimate of drug-likeness (QED) is 0.625. The first-order valence-electron chi connectivity index (χ1n) is 6.03. The molecule has 0 bridgehead atoms. The summed E-state index contributed by atoms with van der Waals surface area (Å²) in [4.78, 5) is 18.7. The molecule has 0 aliphatic rings. The molecule has 2 rings (SSSR count). The zero-order valence-corrected chi connectivity index (χ0v) is 10.3. The highest BCUT2D eigenvalue weighted by atomic mass is 16.5. The van der Waals surface area contributed by atoms with Gasteiger partial charge in [0.2, 0.25) is 0 Å². The van der Waals surface area contributed by atoms with Gasteiger partial charge in [-0.05, 0) is 18.6 Å². The number of carbonyl (C=O) groups is 1. The summed E-state index contributed by atoms with van der Waals surface area (Å²) in [6, 6.07) is 5.30. The summed E-state index contributed by atoms with van der Waals surface area (Å²) in [6.07, 6.45) is 1.73. The number of nitrogens with one attached hydrogen (secondary N) is 1. The number of fused-ring (bicyclic) bond motifs is 1. The predicted molar refractivity (Wildman–Crippen MR) is 67.4 cm³/mol. The van der Waals surface area contributed by atoms with Crippen LogP contribution in [0.2, 0.25) is 0 Å². The van der Waals surface area contributed by atoms with Crippen LogP contribution in [0.3, 0.4) is 0 Å². The molecule has 0 saturated heterocycles. The van der Waals surface area contributed by atoms with E-state index in [1.165, 1.54) is 0 Å². The minimum atomic E-state index is -0.255. The van der Waals surface area contributed by atoms with Gasteiger partial charge in [-0.1, -0.05) is 6.92 Å². The molecule has 0 aliphatic carbocycles. The van der Waals surface area contributed by atoms with Crippen LogP contribution in [0.4, 0.5) is 0 Å². The van der Waals surface area contributed by atoms with E-state index < -0.39 is 0 Å².